The van der Waals surface area contributed by atoms with Gasteiger partial charge < -0.3 is 14.4 Å². The Kier molecular flexibility index (Phi) is 6.04. The summed E-state index contributed by atoms with van der Waals surface area (Å²) in [5.74, 6) is 0.169. The van der Waals surface area contributed by atoms with Gasteiger partial charge in [-0.2, -0.15) is 0 Å². The van der Waals surface area contributed by atoms with Crippen molar-refractivity contribution in [2.45, 2.75) is 32.9 Å². The highest BCUT2D eigenvalue weighted by Gasteiger charge is 2.31. The van der Waals surface area contributed by atoms with Crippen molar-refractivity contribution in [1.29, 1.82) is 0 Å². The summed E-state index contributed by atoms with van der Waals surface area (Å²) in [5.41, 5.74) is 1.75. The molecule has 6 heteroatoms. The number of rotatable bonds is 5. The van der Waals surface area contributed by atoms with Crippen LogP contribution in [0.5, 0.6) is 0 Å². The van der Waals surface area contributed by atoms with Crippen LogP contribution in [0.2, 0.25) is 0 Å². The maximum Gasteiger partial charge on any atom is 0.270 e. The number of hydrogen-bond acceptors (Lipinski definition) is 3. The second kappa shape index (κ2) is 8.88. The average Bonchev–Trinajstić information content (AvgIpc) is 3.34. The minimum Gasteiger partial charge on any atom is -0.336 e. The van der Waals surface area contributed by atoms with Crippen molar-refractivity contribution in [3.63, 3.8) is 0 Å². The first-order valence-corrected chi connectivity index (χ1v) is 11.3. The topological polar surface area (TPSA) is 45.6 Å². The van der Waals surface area contributed by atoms with Crippen LogP contribution in [0.15, 0.2) is 60.0 Å². The number of benzene rings is 1. The van der Waals surface area contributed by atoms with Gasteiger partial charge in [-0.25, -0.2) is 0 Å². The number of piperazine rings is 1. The summed E-state index contributed by atoms with van der Waals surface area (Å²) in [6.07, 6.45) is 4.48. The van der Waals surface area contributed by atoms with Crippen LogP contribution >= 0.6 is 11.3 Å². The van der Waals surface area contributed by atoms with E-state index in [1.807, 2.05) is 66.1 Å². The fraction of sp³-hybridized carbons (Fsp3) is 0.333. The lowest BCUT2D eigenvalue weighted by atomic mass is 10.1. The van der Waals surface area contributed by atoms with Crippen molar-refractivity contribution < 1.29 is 9.59 Å². The first kappa shape index (κ1) is 20.4. The summed E-state index contributed by atoms with van der Waals surface area (Å²) in [6.45, 7) is 6.40. The monoisotopic (exact) mass is 421 g/mol. The van der Waals surface area contributed by atoms with E-state index in [9.17, 15) is 9.59 Å². The molecule has 1 aliphatic heterocycles. The smallest absolute Gasteiger partial charge is 0.270 e. The average molecular weight is 422 g/mol. The zero-order chi connectivity index (χ0) is 21.1. The third-order valence-electron chi connectivity index (χ3n) is 5.68. The number of amides is 2. The highest BCUT2D eigenvalue weighted by molar-refractivity contribution is 7.16. The van der Waals surface area contributed by atoms with Crippen LogP contribution in [0.4, 0.5) is 0 Å². The molecule has 1 aromatic carbocycles. The second-order valence-corrected chi connectivity index (χ2v) is 8.63. The second-order valence-electron chi connectivity index (χ2n) is 7.74. The van der Waals surface area contributed by atoms with Crippen molar-refractivity contribution in [2.24, 2.45) is 0 Å². The standard InChI is InChI=1S/C24H27N3O2S/c1-3-4-11-27-21(16-20-10-14-30-24(20)27)23(29)25-12-13-26(18(2)17-25)22(28)15-19-8-6-5-7-9-19/h3-10,14,16,18H,11-13,15,17H2,1-2H3/b4-3-/t18-/m0/s1. The van der Waals surface area contributed by atoms with Crippen LogP contribution in [0, 0.1) is 0 Å². The normalized spacial score (nSPS) is 17.2. The molecule has 156 valence electrons. The molecule has 1 fully saturated rings. The van der Waals surface area contributed by atoms with Gasteiger partial charge in [0, 0.05) is 37.6 Å². The van der Waals surface area contributed by atoms with Crippen molar-refractivity contribution >= 4 is 33.4 Å². The maximum absolute atomic E-state index is 13.3. The zero-order valence-corrected chi connectivity index (χ0v) is 18.3. The van der Waals surface area contributed by atoms with Gasteiger partial charge in [-0.1, -0.05) is 42.5 Å². The van der Waals surface area contributed by atoms with Crippen LogP contribution in [0.25, 0.3) is 10.2 Å². The molecular weight excluding hydrogens is 394 g/mol. The molecule has 0 N–H and O–H groups in total. The van der Waals surface area contributed by atoms with Crippen LogP contribution in [0.1, 0.15) is 29.9 Å². The molecule has 0 radical (unpaired) electrons. The number of allylic oxidation sites excluding steroid dienone is 2. The number of nitrogens with zero attached hydrogens (tertiary/aromatic N) is 3. The molecule has 0 unspecified atom stereocenters. The maximum atomic E-state index is 13.3. The first-order valence-electron chi connectivity index (χ1n) is 10.4. The Morgan fingerprint density at radius 1 is 1.17 bits per heavy atom. The lowest BCUT2D eigenvalue weighted by Gasteiger charge is -2.40. The number of carbonyl (C=O) groups is 2. The van der Waals surface area contributed by atoms with Gasteiger partial charge in [0.15, 0.2) is 0 Å². The summed E-state index contributed by atoms with van der Waals surface area (Å²) in [5, 5.41) is 3.17. The molecule has 1 saturated heterocycles. The van der Waals surface area contributed by atoms with Gasteiger partial charge in [0.1, 0.15) is 10.5 Å². The molecule has 1 aliphatic rings. The van der Waals surface area contributed by atoms with Gasteiger partial charge in [0.25, 0.3) is 5.91 Å². The molecule has 2 aromatic heterocycles. The summed E-state index contributed by atoms with van der Waals surface area (Å²) in [4.78, 5) is 31.1. The number of thiophene rings is 1. The van der Waals surface area contributed by atoms with Gasteiger partial charge in [-0.05, 0) is 36.9 Å². The number of carbonyl (C=O) groups excluding carboxylic acids is 2. The van der Waals surface area contributed by atoms with E-state index in [1.165, 1.54) is 0 Å². The van der Waals surface area contributed by atoms with Crippen molar-refractivity contribution in [3.8, 4) is 0 Å². The lowest BCUT2D eigenvalue weighted by molar-refractivity contribution is -0.134. The van der Waals surface area contributed by atoms with Crippen LogP contribution in [0.3, 0.4) is 0 Å². The molecule has 4 rings (SSSR count). The van der Waals surface area contributed by atoms with Crippen LogP contribution in [-0.4, -0.2) is 51.9 Å². The zero-order valence-electron chi connectivity index (χ0n) is 17.5. The van der Waals surface area contributed by atoms with Gasteiger partial charge in [-0.3, -0.25) is 9.59 Å². The summed E-state index contributed by atoms with van der Waals surface area (Å²) in [6, 6.07) is 13.9. The van der Waals surface area contributed by atoms with Crippen molar-refractivity contribution in [1.82, 2.24) is 14.4 Å². The third kappa shape index (κ3) is 4.05. The van der Waals surface area contributed by atoms with Gasteiger partial charge in [-0.15, -0.1) is 11.3 Å². The first-order chi connectivity index (χ1) is 14.6. The Morgan fingerprint density at radius 2 is 1.97 bits per heavy atom. The molecule has 1 atom stereocenters. The Balaban J connectivity index is 1.47. The van der Waals surface area contributed by atoms with Crippen LogP contribution < -0.4 is 0 Å². The summed E-state index contributed by atoms with van der Waals surface area (Å²) in [7, 11) is 0. The molecule has 0 aliphatic carbocycles. The Hall–Kier alpha value is -2.86. The lowest BCUT2D eigenvalue weighted by Crippen LogP contribution is -2.56. The minimum atomic E-state index is -0.000945. The number of aromatic nitrogens is 1. The molecule has 0 saturated carbocycles. The Bertz CT molecular complexity index is 1070. The largest absolute Gasteiger partial charge is 0.336 e. The molecule has 3 aromatic rings. The van der Waals surface area contributed by atoms with E-state index >= 15 is 0 Å². The van der Waals surface area contributed by atoms with Gasteiger partial charge in [0.05, 0.1) is 6.42 Å². The van der Waals surface area contributed by atoms with E-state index in [2.05, 4.69) is 22.1 Å². The third-order valence-corrected chi connectivity index (χ3v) is 6.63. The number of fused-ring (bicyclic) bond motifs is 1. The molecule has 0 spiro atoms. The fourth-order valence-corrected chi connectivity index (χ4v) is 5.00. The minimum absolute atomic E-state index is 0.000945. The summed E-state index contributed by atoms with van der Waals surface area (Å²) >= 11 is 1.66. The molecule has 0 bridgehead atoms. The predicted octanol–water partition coefficient (Wildman–Crippen LogP) is 4.19. The van der Waals surface area contributed by atoms with Crippen LogP contribution in [-0.2, 0) is 17.8 Å². The molecule has 2 amide bonds. The Labute approximate surface area is 181 Å². The SMILES string of the molecule is C/C=C\Cn1c(C(=O)N2CCN(C(=O)Cc3ccccc3)[C@@H](C)C2)cc2ccsc21. The number of hydrogen-bond donors (Lipinski definition) is 0. The van der Waals surface area contributed by atoms with E-state index in [0.29, 0.717) is 32.6 Å². The fourth-order valence-electron chi connectivity index (χ4n) is 4.09. The van der Waals surface area contributed by atoms with E-state index in [4.69, 9.17) is 0 Å². The molecule has 3 heterocycles. The molecule has 5 nitrogen and oxygen atoms in total. The molecular formula is C24H27N3O2S. The predicted molar refractivity (Wildman–Crippen MR) is 122 cm³/mol. The van der Waals surface area contributed by atoms with E-state index in [-0.39, 0.29) is 17.9 Å². The molecule has 30 heavy (non-hydrogen) atoms. The van der Waals surface area contributed by atoms with Crippen molar-refractivity contribution in [3.05, 3.63) is 71.3 Å². The van der Waals surface area contributed by atoms with E-state index in [0.717, 1.165) is 21.5 Å². The van der Waals surface area contributed by atoms with E-state index in [1.54, 1.807) is 11.3 Å². The van der Waals surface area contributed by atoms with E-state index < -0.39 is 0 Å². The van der Waals surface area contributed by atoms with Gasteiger partial charge in [0.2, 0.25) is 5.91 Å². The quantitative estimate of drug-likeness (QED) is 0.580. The van der Waals surface area contributed by atoms with Crippen molar-refractivity contribution in [2.75, 3.05) is 19.6 Å². The highest BCUT2D eigenvalue weighted by atomic mass is 32.1. The highest BCUT2D eigenvalue weighted by Crippen LogP contribution is 2.27. The van der Waals surface area contributed by atoms with Gasteiger partial charge >= 0.3 is 0 Å². The Morgan fingerprint density at radius 3 is 2.70 bits per heavy atom. The summed E-state index contributed by atoms with van der Waals surface area (Å²) < 4.78 is 2.10.